The van der Waals surface area contributed by atoms with E-state index in [1.807, 2.05) is 48.2 Å². The van der Waals surface area contributed by atoms with Crippen LogP contribution in [0.2, 0.25) is 0 Å². The van der Waals surface area contributed by atoms with Crippen molar-refractivity contribution in [3.05, 3.63) is 48.0 Å². The first-order valence-corrected chi connectivity index (χ1v) is 11.2. The molecule has 2 aliphatic rings. The van der Waals surface area contributed by atoms with E-state index >= 15 is 0 Å². The summed E-state index contributed by atoms with van der Waals surface area (Å²) in [6.45, 7) is 7.95. The van der Waals surface area contributed by atoms with E-state index in [0.717, 1.165) is 54.4 Å². The van der Waals surface area contributed by atoms with Crippen molar-refractivity contribution >= 4 is 17.3 Å². The van der Waals surface area contributed by atoms with Gasteiger partial charge in [0.1, 0.15) is 11.5 Å². The van der Waals surface area contributed by atoms with Gasteiger partial charge in [-0.05, 0) is 94.1 Å². The Bertz CT molecular complexity index is 865. The van der Waals surface area contributed by atoms with Crippen LogP contribution >= 0.6 is 0 Å². The van der Waals surface area contributed by atoms with Crippen LogP contribution in [0.3, 0.4) is 0 Å². The molecule has 0 saturated carbocycles. The lowest BCUT2D eigenvalue weighted by Gasteiger charge is -2.30. The largest absolute Gasteiger partial charge is 0.494 e. The van der Waals surface area contributed by atoms with Crippen LogP contribution in [-0.2, 0) is 11.2 Å². The van der Waals surface area contributed by atoms with Gasteiger partial charge in [-0.3, -0.25) is 9.69 Å². The second kappa shape index (κ2) is 9.52. The van der Waals surface area contributed by atoms with E-state index in [2.05, 4.69) is 17.9 Å². The fourth-order valence-electron chi connectivity index (χ4n) is 4.48. The highest BCUT2D eigenvalue weighted by Crippen LogP contribution is 2.36. The highest BCUT2D eigenvalue weighted by molar-refractivity contribution is 6.03. The molecule has 1 atom stereocenters. The lowest BCUT2D eigenvalue weighted by atomic mass is 10.00. The maximum Gasteiger partial charge on any atom is 0.231 e. The third kappa shape index (κ3) is 4.62. The predicted octanol–water partition coefficient (Wildman–Crippen LogP) is 4.95. The van der Waals surface area contributed by atoms with Crippen LogP contribution in [0.15, 0.2) is 42.5 Å². The van der Waals surface area contributed by atoms with Crippen LogP contribution in [0.1, 0.15) is 45.1 Å². The minimum absolute atomic E-state index is 0.125. The van der Waals surface area contributed by atoms with Crippen LogP contribution in [0, 0.1) is 0 Å². The molecule has 2 heterocycles. The summed E-state index contributed by atoms with van der Waals surface area (Å²) in [4.78, 5) is 17.0. The highest BCUT2D eigenvalue weighted by atomic mass is 16.5. The summed E-state index contributed by atoms with van der Waals surface area (Å²) in [5.41, 5.74) is 2.99. The van der Waals surface area contributed by atoms with Crippen molar-refractivity contribution in [3.63, 3.8) is 0 Å². The number of likely N-dealkylation sites (tertiary alicyclic amines) is 1. The van der Waals surface area contributed by atoms with Crippen molar-refractivity contribution in [3.8, 4) is 11.5 Å². The number of rotatable bonds is 8. The van der Waals surface area contributed by atoms with E-state index in [1.165, 1.54) is 19.4 Å². The molecule has 160 valence electrons. The standard InChI is InChI=1S/C25H32N2O3/c1-3-29-22-10-8-21(9-11-22)27-24-13-12-23(18-20(24)7-14-25(27)28)30-17-5-16-26-15-4-6-19(26)2/h8-13,18-19H,3-7,14-17H2,1-2H3/t19-/m1/s1. The molecule has 0 radical (unpaired) electrons. The summed E-state index contributed by atoms with van der Waals surface area (Å²) in [5.74, 6) is 1.84. The summed E-state index contributed by atoms with van der Waals surface area (Å²) >= 11 is 0. The zero-order valence-electron chi connectivity index (χ0n) is 18.1. The van der Waals surface area contributed by atoms with Gasteiger partial charge in [-0.1, -0.05) is 0 Å². The number of fused-ring (bicyclic) bond motifs is 1. The molecule has 0 spiro atoms. The van der Waals surface area contributed by atoms with Crippen molar-refractivity contribution in [1.29, 1.82) is 0 Å². The van der Waals surface area contributed by atoms with Crippen LogP contribution in [0.5, 0.6) is 11.5 Å². The molecule has 2 aliphatic heterocycles. The molecule has 0 unspecified atom stereocenters. The van der Waals surface area contributed by atoms with E-state index < -0.39 is 0 Å². The molecule has 1 saturated heterocycles. The smallest absolute Gasteiger partial charge is 0.231 e. The number of amides is 1. The molecule has 2 aromatic carbocycles. The SMILES string of the molecule is CCOc1ccc(N2C(=O)CCc3cc(OCCCN4CCC[C@H]4C)ccc32)cc1. The number of anilines is 2. The Kier molecular flexibility index (Phi) is 6.58. The Morgan fingerprint density at radius 1 is 1.03 bits per heavy atom. The first-order chi connectivity index (χ1) is 14.7. The lowest BCUT2D eigenvalue weighted by Crippen LogP contribution is -2.30. The number of carbonyl (C=O) groups is 1. The molecule has 1 fully saturated rings. The van der Waals surface area contributed by atoms with Gasteiger partial charge in [0.25, 0.3) is 0 Å². The molecule has 1 amide bonds. The lowest BCUT2D eigenvalue weighted by molar-refractivity contribution is -0.118. The van der Waals surface area contributed by atoms with Crippen molar-refractivity contribution in [2.75, 3.05) is 31.2 Å². The molecule has 0 N–H and O–H groups in total. The molecule has 0 aromatic heterocycles. The highest BCUT2D eigenvalue weighted by Gasteiger charge is 2.26. The Labute approximate surface area is 179 Å². The van der Waals surface area contributed by atoms with E-state index in [0.29, 0.717) is 19.1 Å². The molecule has 2 aromatic rings. The average molecular weight is 409 g/mol. The Morgan fingerprint density at radius 2 is 1.83 bits per heavy atom. The topological polar surface area (TPSA) is 42.0 Å². The molecule has 0 bridgehead atoms. The van der Waals surface area contributed by atoms with E-state index in [-0.39, 0.29) is 5.91 Å². The fraction of sp³-hybridized carbons (Fsp3) is 0.480. The van der Waals surface area contributed by atoms with Crippen molar-refractivity contribution in [2.24, 2.45) is 0 Å². The van der Waals surface area contributed by atoms with Crippen LogP contribution in [-0.4, -0.2) is 43.2 Å². The first-order valence-electron chi connectivity index (χ1n) is 11.2. The maximum atomic E-state index is 12.7. The minimum atomic E-state index is 0.125. The average Bonchev–Trinajstić information content (AvgIpc) is 3.17. The fourth-order valence-corrected chi connectivity index (χ4v) is 4.48. The molecule has 5 nitrogen and oxygen atoms in total. The zero-order chi connectivity index (χ0) is 20.9. The van der Waals surface area contributed by atoms with Gasteiger partial charge in [-0.2, -0.15) is 0 Å². The van der Waals surface area contributed by atoms with Crippen LogP contribution < -0.4 is 14.4 Å². The summed E-state index contributed by atoms with van der Waals surface area (Å²) in [6, 6.07) is 14.5. The quantitative estimate of drug-likeness (QED) is 0.580. The number of ether oxygens (including phenoxy) is 2. The van der Waals surface area contributed by atoms with Crippen molar-refractivity contribution in [2.45, 2.75) is 52.0 Å². The summed E-state index contributed by atoms with van der Waals surface area (Å²) in [7, 11) is 0. The van der Waals surface area contributed by atoms with Gasteiger partial charge in [-0.25, -0.2) is 0 Å². The molecule has 30 heavy (non-hydrogen) atoms. The number of benzene rings is 2. The van der Waals surface area contributed by atoms with E-state index in [9.17, 15) is 4.79 Å². The third-order valence-corrected chi connectivity index (χ3v) is 6.10. The Balaban J connectivity index is 1.41. The van der Waals surface area contributed by atoms with Gasteiger partial charge < -0.3 is 14.4 Å². The number of hydrogen-bond donors (Lipinski definition) is 0. The van der Waals surface area contributed by atoms with Gasteiger partial charge in [0.15, 0.2) is 0 Å². The maximum absolute atomic E-state index is 12.7. The number of aryl methyl sites for hydroxylation is 1. The predicted molar refractivity (Wildman–Crippen MR) is 120 cm³/mol. The van der Waals surface area contributed by atoms with E-state index in [1.54, 1.807) is 0 Å². The zero-order valence-corrected chi connectivity index (χ0v) is 18.1. The molecular formula is C25H32N2O3. The monoisotopic (exact) mass is 408 g/mol. The normalized spacial score (nSPS) is 19.1. The van der Waals surface area contributed by atoms with Gasteiger partial charge in [0.05, 0.1) is 18.9 Å². The molecule has 4 rings (SSSR count). The van der Waals surface area contributed by atoms with Gasteiger partial charge >= 0.3 is 0 Å². The van der Waals surface area contributed by atoms with Crippen LogP contribution in [0.4, 0.5) is 11.4 Å². The number of carbonyl (C=O) groups excluding carboxylic acids is 1. The Hall–Kier alpha value is -2.53. The van der Waals surface area contributed by atoms with Gasteiger partial charge in [0.2, 0.25) is 5.91 Å². The third-order valence-electron chi connectivity index (χ3n) is 6.10. The molecule has 0 aliphatic carbocycles. The number of hydrogen-bond acceptors (Lipinski definition) is 4. The van der Waals surface area contributed by atoms with Crippen molar-refractivity contribution < 1.29 is 14.3 Å². The van der Waals surface area contributed by atoms with Gasteiger partial charge in [-0.15, -0.1) is 0 Å². The van der Waals surface area contributed by atoms with Crippen molar-refractivity contribution in [1.82, 2.24) is 4.90 Å². The summed E-state index contributed by atoms with van der Waals surface area (Å²) in [6.07, 6.45) is 4.94. The van der Waals surface area contributed by atoms with Crippen LogP contribution in [0.25, 0.3) is 0 Å². The minimum Gasteiger partial charge on any atom is -0.494 e. The second-order valence-electron chi connectivity index (χ2n) is 8.18. The van der Waals surface area contributed by atoms with Gasteiger partial charge in [0, 0.05) is 24.7 Å². The molecular weight excluding hydrogens is 376 g/mol. The first kappa shape index (κ1) is 20.7. The summed E-state index contributed by atoms with van der Waals surface area (Å²) in [5, 5.41) is 0. The summed E-state index contributed by atoms with van der Waals surface area (Å²) < 4.78 is 11.6. The van der Waals surface area contributed by atoms with E-state index in [4.69, 9.17) is 9.47 Å². The Morgan fingerprint density at radius 3 is 2.57 bits per heavy atom. The second-order valence-corrected chi connectivity index (χ2v) is 8.18. The number of nitrogens with zero attached hydrogens (tertiary/aromatic N) is 2. The molecule has 5 heteroatoms.